The van der Waals surface area contributed by atoms with E-state index in [9.17, 15) is 8.42 Å². The minimum atomic E-state index is -4.29. The SMILES string of the molecule is CC(C)(C)CN[C@@H](Cc1ccc(NS(=O)(=O)O)cc1)c1nc(-c2ccc(-c3ccccc3)cc2)cs1. The number of benzene rings is 3. The third-order valence-electron chi connectivity index (χ3n) is 5.63. The third-order valence-corrected chi connectivity index (χ3v) is 7.08. The van der Waals surface area contributed by atoms with Crippen LogP contribution in [0.4, 0.5) is 5.69 Å². The maximum Gasteiger partial charge on any atom is 0.357 e. The van der Waals surface area contributed by atoms with Crippen molar-refractivity contribution in [3.8, 4) is 22.4 Å². The lowest BCUT2D eigenvalue weighted by Gasteiger charge is -2.24. The van der Waals surface area contributed by atoms with E-state index in [0.717, 1.165) is 28.4 Å². The van der Waals surface area contributed by atoms with E-state index in [1.807, 2.05) is 30.3 Å². The standard InChI is InChI=1S/C28H31N3O3S2/c1-28(2,3)19-29-25(17-20-9-15-24(16-10-20)31-36(32,33)34)27-30-26(18-35-27)23-13-11-22(12-14-23)21-7-5-4-6-8-21/h4-16,18,25,29,31H,17,19H2,1-3H3,(H,32,33,34)/t25-/m0/s1. The molecule has 1 heterocycles. The number of hydrogen-bond acceptors (Lipinski definition) is 5. The van der Waals surface area contributed by atoms with E-state index in [2.05, 4.69) is 72.6 Å². The van der Waals surface area contributed by atoms with Crippen molar-refractivity contribution >= 4 is 27.3 Å². The smallest absolute Gasteiger partial charge is 0.307 e. The van der Waals surface area contributed by atoms with Gasteiger partial charge in [0.15, 0.2) is 0 Å². The van der Waals surface area contributed by atoms with Crippen molar-refractivity contribution in [1.82, 2.24) is 10.3 Å². The summed E-state index contributed by atoms with van der Waals surface area (Å²) in [5.41, 5.74) is 5.84. The Hall–Kier alpha value is -3.04. The van der Waals surface area contributed by atoms with Gasteiger partial charge in [-0.3, -0.25) is 9.27 Å². The van der Waals surface area contributed by atoms with Crippen LogP contribution in [0.1, 0.15) is 37.4 Å². The van der Waals surface area contributed by atoms with Crippen LogP contribution < -0.4 is 10.0 Å². The fourth-order valence-electron chi connectivity index (χ4n) is 3.81. The average molecular weight is 522 g/mol. The van der Waals surface area contributed by atoms with E-state index in [-0.39, 0.29) is 11.5 Å². The minimum Gasteiger partial charge on any atom is -0.307 e. The zero-order chi connectivity index (χ0) is 25.8. The zero-order valence-electron chi connectivity index (χ0n) is 20.6. The summed E-state index contributed by atoms with van der Waals surface area (Å²) >= 11 is 1.64. The van der Waals surface area contributed by atoms with Crippen molar-refractivity contribution < 1.29 is 13.0 Å². The van der Waals surface area contributed by atoms with E-state index in [1.165, 1.54) is 11.1 Å². The molecule has 0 saturated carbocycles. The number of nitrogens with zero attached hydrogens (tertiary/aromatic N) is 1. The molecule has 36 heavy (non-hydrogen) atoms. The lowest BCUT2D eigenvalue weighted by molar-refractivity contribution is 0.351. The van der Waals surface area contributed by atoms with Crippen LogP contribution in [0, 0.1) is 5.41 Å². The van der Waals surface area contributed by atoms with Crippen LogP contribution in [-0.2, 0) is 16.7 Å². The van der Waals surface area contributed by atoms with Gasteiger partial charge in [-0.15, -0.1) is 11.3 Å². The first kappa shape index (κ1) is 26.0. The minimum absolute atomic E-state index is 0.00644. The Labute approximate surface area is 217 Å². The molecule has 0 saturated heterocycles. The molecule has 4 aromatic rings. The summed E-state index contributed by atoms with van der Waals surface area (Å²) in [5.74, 6) is 0. The van der Waals surface area contributed by atoms with Crippen LogP contribution in [0.25, 0.3) is 22.4 Å². The summed E-state index contributed by atoms with van der Waals surface area (Å²) < 4.78 is 33.2. The first-order valence-corrected chi connectivity index (χ1v) is 14.1. The van der Waals surface area contributed by atoms with Gasteiger partial charge in [-0.1, -0.05) is 87.5 Å². The Morgan fingerprint density at radius 1 is 0.889 bits per heavy atom. The molecule has 6 nitrogen and oxygen atoms in total. The van der Waals surface area contributed by atoms with Gasteiger partial charge in [0.1, 0.15) is 5.01 Å². The highest BCUT2D eigenvalue weighted by Crippen LogP contribution is 2.30. The molecule has 0 aliphatic rings. The molecule has 0 bridgehead atoms. The number of thiazole rings is 1. The monoisotopic (exact) mass is 521 g/mol. The molecule has 0 radical (unpaired) electrons. The van der Waals surface area contributed by atoms with Crippen LogP contribution in [0.15, 0.2) is 84.2 Å². The highest BCUT2D eigenvalue weighted by Gasteiger charge is 2.20. The Balaban J connectivity index is 1.53. The molecular weight excluding hydrogens is 490 g/mol. The van der Waals surface area contributed by atoms with Gasteiger partial charge in [-0.05, 0) is 40.7 Å². The highest BCUT2D eigenvalue weighted by molar-refractivity contribution is 7.87. The lowest BCUT2D eigenvalue weighted by Crippen LogP contribution is -2.31. The van der Waals surface area contributed by atoms with Gasteiger partial charge in [0.25, 0.3) is 0 Å². The molecule has 1 aromatic heterocycles. The summed E-state index contributed by atoms with van der Waals surface area (Å²) in [6.45, 7) is 7.39. The lowest BCUT2D eigenvalue weighted by atomic mass is 9.96. The van der Waals surface area contributed by atoms with Gasteiger partial charge in [0, 0.05) is 17.5 Å². The quantitative estimate of drug-likeness (QED) is 0.216. The van der Waals surface area contributed by atoms with Gasteiger partial charge >= 0.3 is 10.3 Å². The average Bonchev–Trinajstić information content (AvgIpc) is 3.32. The second kappa shape index (κ2) is 10.9. The molecule has 0 aliphatic carbocycles. The number of anilines is 1. The van der Waals surface area contributed by atoms with Crippen molar-refractivity contribution in [2.24, 2.45) is 5.41 Å². The van der Waals surface area contributed by atoms with Gasteiger partial charge < -0.3 is 5.32 Å². The Bertz CT molecular complexity index is 1380. The number of rotatable bonds is 9. The molecule has 0 amide bonds. The Morgan fingerprint density at radius 3 is 2.11 bits per heavy atom. The van der Waals surface area contributed by atoms with Gasteiger partial charge in [0.2, 0.25) is 0 Å². The number of nitrogens with one attached hydrogen (secondary N) is 2. The highest BCUT2D eigenvalue weighted by atomic mass is 32.2. The Kier molecular flexibility index (Phi) is 7.90. The van der Waals surface area contributed by atoms with Crippen molar-refractivity contribution in [3.63, 3.8) is 0 Å². The second-order valence-corrected chi connectivity index (χ2v) is 12.0. The molecule has 1 atom stereocenters. The fourth-order valence-corrected chi connectivity index (χ4v) is 5.15. The van der Waals surface area contributed by atoms with Crippen molar-refractivity contribution in [1.29, 1.82) is 0 Å². The van der Waals surface area contributed by atoms with E-state index in [0.29, 0.717) is 12.1 Å². The molecule has 0 fully saturated rings. The van der Waals surface area contributed by atoms with Crippen molar-refractivity contribution in [2.75, 3.05) is 11.3 Å². The van der Waals surface area contributed by atoms with Crippen LogP contribution in [0.5, 0.6) is 0 Å². The summed E-state index contributed by atoms with van der Waals surface area (Å²) in [5, 5.41) is 6.77. The number of hydrogen-bond donors (Lipinski definition) is 3. The van der Waals surface area contributed by atoms with E-state index in [1.54, 1.807) is 23.5 Å². The van der Waals surface area contributed by atoms with Crippen molar-refractivity contribution in [2.45, 2.75) is 33.2 Å². The van der Waals surface area contributed by atoms with Crippen LogP contribution in [0.2, 0.25) is 0 Å². The molecule has 8 heteroatoms. The van der Waals surface area contributed by atoms with Gasteiger partial charge in [-0.25, -0.2) is 4.98 Å². The first-order valence-electron chi connectivity index (χ1n) is 11.7. The maximum atomic E-state index is 11.1. The summed E-state index contributed by atoms with van der Waals surface area (Å²) in [6.07, 6.45) is 0.697. The Morgan fingerprint density at radius 2 is 1.50 bits per heavy atom. The molecule has 0 unspecified atom stereocenters. The second-order valence-electron chi connectivity index (χ2n) is 9.99. The van der Waals surface area contributed by atoms with Crippen LogP contribution in [0.3, 0.4) is 0 Å². The van der Waals surface area contributed by atoms with E-state index >= 15 is 0 Å². The maximum absolute atomic E-state index is 11.1. The molecule has 4 rings (SSSR count). The van der Waals surface area contributed by atoms with Crippen LogP contribution in [-0.4, -0.2) is 24.5 Å². The predicted octanol–water partition coefficient (Wildman–Crippen LogP) is 6.61. The molecule has 0 aliphatic heterocycles. The summed E-state index contributed by atoms with van der Waals surface area (Å²) in [7, 11) is -4.29. The summed E-state index contributed by atoms with van der Waals surface area (Å²) in [6, 6.07) is 25.8. The van der Waals surface area contributed by atoms with Crippen LogP contribution >= 0.6 is 11.3 Å². The fraction of sp³-hybridized carbons (Fsp3) is 0.250. The third kappa shape index (κ3) is 7.48. The van der Waals surface area contributed by atoms with E-state index < -0.39 is 10.3 Å². The zero-order valence-corrected chi connectivity index (χ0v) is 22.2. The largest absolute Gasteiger partial charge is 0.357 e. The molecule has 188 valence electrons. The van der Waals surface area contributed by atoms with Gasteiger partial charge in [0.05, 0.1) is 17.4 Å². The van der Waals surface area contributed by atoms with Crippen molar-refractivity contribution in [3.05, 3.63) is 94.8 Å². The molecule has 3 aromatic carbocycles. The molecule has 3 N–H and O–H groups in total. The summed E-state index contributed by atoms with van der Waals surface area (Å²) in [4.78, 5) is 4.98. The number of aromatic nitrogens is 1. The normalized spacial score (nSPS) is 12.9. The first-order chi connectivity index (χ1) is 17.1. The molecular formula is C28H31N3O3S2. The molecule has 0 spiro atoms. The predicted molar refractivity (Wildman–Crippen MR) is 149 cm³/mol. The van der Waals surface area contributed by atoms with Gasteiger partial charge in [-0.2, -0.15) is 8.42 Å². The van der Waals surface area contributed by atoms with E-state index in [4.69, 9.17) is 9.54 Å². The topological polar surface area (TPSA) is 91.3 Å².